The largest absolute Gasteiger partial charge is 0.370 e. The van der Waals surface area contributed by atoms with E-state index in [0.29, 0.717) is 6.04 Å². The third-order valence-corrected chi connectivity index (χ3v) is 3.42. The van der Waals surface area contributed by atoms with Crippen LogP contribution in [0.4, 0.5) is 0 Å². The van der Waals surface area contributed by atoms with E-state index in [2.05, 4.69) is 51.1 Å². The second kappa shape index (κ2) is 3.33. The maximum atomic E-state index is 4.20. The fraction of sp³-hybridized carbons (Fsp3) is 0.818. The van der Waals surface area contributed by atoms with Gasteiger partial charge >= 0.3 is 0 Å². The molecule has 1 atom stereocenters. The normalized spacial score (nSPS) is 29.5. The van der Waals surface area contributed by atoms with Crippen molar-refractivity contribution in [2.24, 2.45) is 0 Å². The van der Waals surface area contributed by atoms with Crippen molar-refractivity contribution in [3.63, 3.8) is 0 Å². The Balaban J connectivity index is 2.89. The minimum atomic E-state index is 0.114. The Morgan fingerprint density at radius 3 is 2.54 bits per heavy atom. The van der Waals surface area contributed by atoms with Crippen LogP contribution in [-0.4, -0.2) is 41.5 Å². The molecular formula is C11H22N2. The number of likely N-dealkylation sites (N-methyl/N-ethyl adjacent to an activating group) is 2. The summed E-state index contributed by atoms with van der Waals surface area (Å²) in [6.45, 7) is 15.3. The highest BCUT2D eigenvalue weighted by molar-refractivity contribution is 5.16. The quantitative estimate of drug-likeness (QED) is 0.611. The lowest BCUT2D eigenvalue weighted by molar-refractivity contribution is 0.0560. The molecule has 13 heavy (non-hydrogen) atoms. The van der Waals surface area contributed by atoms with Crippen molar-refractivity contribution in [3.8, 4) is 0 Å². The molecule has 0 aromatic heterocycles. The van der Waals surface area contributed by atoms with Crippen molar-refractivity contribution in [3.05, 3.63) is 12.3 Å². The molecule has 1 fully saturated rings. The second-order valence-corrected chi connectivity index (χ2v) is 4.52. The molecule has 0 aromatic rings. The van der Waals surface area contributed by atoms with Crippen molar-refractivity contribution in [2.45, 2.75) is 39.3 Å². The van der Waals surface area contributed by atoms with Crippen molar-refractivity contribution >= 4 is 0 Å². The van der Waals surface area contributed by atoms with E-state index in [4.69, 9.17) is 0 Å². The van der Waals surface area contributed by atoms with Gasteiger partial charge < -0.3 is 4.90 Å². The van der Waals surface area contributed by atoms with Gasteiger partial charge in [0.05, 0.1) is 5.54 Å². The Morgan fingerprint density at radius 2 is 2.08 bits per heavy atom. The molecule has 1 aliphatic heterocycles. The minimum Gasteiger partial charge on any atom is -0.370 e. The van der Waals surface area contributed by atoms with Gasteiger partial charge in [-0.05, 0) is 34.7 Å². The van der Waals surface area contributed by atoms with Gasteiger partial charge in [-0.25, -0.2) is 0 Å². The summed E-state index contributed by atoms with van der Waals surface area (Å²) in [4.78, 5) is 4.78. The standard InChI is InChI=1S/C11H22N2/c1-7-13-9(2)8-12(6)11(4,5)10(13)3/h9H,3,7-8H2,1-2,4-6H3/t9-/m1/s1. The Labute approximate surface area is 82.2 Å². The predicted octanol–water partition coefficient (Wildman–Crippen LogP) is 1.93. The third-order valence-electron chi connectivity index (χ3n) is 3.42. The molecule has 1 heterocycles. The molecule has 1 aliphatic rings. The zero-order valence-corrected chi connectivity index (χ0v) is 9.59. The molecule has 0 amide bonds. The van der Waals surface area contributed by atoms with Crippen LogP contribution in [0, 0.1) is 0 Å². The molecular weight excluding hydrogens is 160 g/mol. The van der Waals surface area contributed by atoms with Gasteiger partial charge in [-0.2, -0.15) is 0 Å². The van der Waals surface area contributed by atoms with E-state index in [1.807, 2.05) is 0 Å². The Kier molecular flexibility index (Phi) is 2.71. The van der Waals surface area contributed by atoms with Crippen LogP contribution in [-0.2, 0) is 0 Å². The molecule has 0 spiro atoms. The van der Waals surface area contributed by atoms with E-state index in [9.17, 15) is 0 Å². The monoisotopic (exact) mass is 182 g/mol. The summed E-state index contributed by atoms with van der Waals surface area (Å²) >= 11 is 0. The predicted molar refractivity (Wildman–Crippen MR) is 57.7 cm³/mol. The Bertz CT molecular complexity index is 208. The molecule has 2 nitrogen and oxygen atoms in total. The summed E-state index contributed by atoms with van der Waals surface area (Å²) in [7, 11) is 2.18. The van der Waals surface area contributed by atoms with Crippen molar-refractivity contribution in [1.82, 2.24) is 9.80 Å². The Hall–Kier alpha value is -0.500. The van der Waals surface area contributed by atoms with Gasteiger partial charge in [0.2, 0.25) is 0 Å². The van der Waals surface area contributed by atoms with Crippen molar-refractivity contribution in [2.75, 3.05) is 20.1 Å². The Morgan fingerprint density at radius 1 is 1.54 bits per heavy atom. The second-order valence-electron chi connectivity index (χ2n) is 4.52. The highest BCUT2D eigenvalue weighted by atomic mass is 15.3. The summed E-state index contributed by atoms with van der Waals surface area (Å²) < 4.78 is 0. The van der Waals surface area contributed by atoms with Crippen LogP contribution >= 0.6 is 0 Å². The average molecular weight is 182 g/mol. The molecule has 0 saturated carbocycles. The van der Waals surface area contributed by atoms with Gasteiger partial charge in [-0.15, -0.1) is 0 Å². The minimum absolute atomic E-state index is 0.114. The lowest BCUT2D eigenvalue weighted by Crippen LogP contribution is -2.58. The molecule has 2 heteroatoms. The highest BCUT2D eigenvalue weighted by Crippen LogP contribution is 2.30. The lowest BCUT2D eigenvalue weighted by atomic mass is 9.93. The lowest BCUT2D eigenvalue weighted by Gasteiger charge is -2.51. The summed E-state index contributed by atoms with van der Waals surface area (Å²) in [5.74, 6) is 0. The fourth-order valence-electron chi connectivity index (χ4n) is 2.06. The van der Waals surface area contributed by atoms with Gasteiger partial charge in [0.25, 0.3) is 0 Å². The fourth-order valence-corrected chi connectivity index (χ4v) is 2.06. The van der Waals surface area contributed by atoms with Crippen LogP contribution < -0.4 is 0 Å². The zero-order chi connectivity index (χ0) is 10.2. The summed E-state index contributed by atoms with van der Waals surface area (Å²) in [6, 6.07) is 0.593. The van der Waals surface area contributed by atoms with Gasteiger partial charge in [0.1, 0.15) is 0 Å². The topological polar surface area (TPSA) is 6.48 Å². The van der Waals surface area contributed by atoms with Crippen LogP contribution in [0.2, 0.25) is 0 Å². The number of hydrogen-bond donors (Lipinski definition) is 0. The molecule has 1 rings (SSSR count). The van der Waals surface area contributed by atoms with Gasteiger partial charge in [0, 0.05) is 24.8 Å². The molecule has 0 unspecified atom stereocenters. The maximum Gasteiger partial charge on any atom is 0.0545 e. The van der Waals surface area contributed by atoms with E-state index in [1.54, 1.807) is 0 Å². The number of piperazine rings is 1. The van der Waals surface area contributed by atoms with Crippen molar-refractivity contribution < 1.29 is 0 Å². The number of nitrogens with zero attached hydrogens (tertiary/aromatic N) is 2. The maximum absolute atomic E-state index is 4.20. The highest BCUT2D eigenvalue weighted by Gasteiger charge is 2.37. The van der Waals surface area contributed by atoms with Gasteiger partial charge in [0.15, 0.2) is 0 Å². The molecule has 0 aromatic carbocycles. The number of rotatable bonds is 1. The number of hydrogen-bond acceptors (Lipinski definition) is 2. The third kappa shape index (κ3) is 1.60. The van der Waals surface area contributed by atoms with Crippen LogP contribution in [0.5, 0.6) is 0 Å². The van der Waals surface area contributed by atoms with E-state index in [1.165, 1.54) is 5.70 Å². The first-order valence-corrected chi connectivity index (χ1v) is 5.08. The summed E-state index contributed by atoms with van der Waals surface area (Å²) in [6.07, 6.45) is 0. The van der Waals surface area contributed by atoms with E-state index >= 15 is 0 Å². The molecule has 0 aliphatic carbocycles. The summed E-state index contributed by atoms with van der Waals surface area (Å²) in [5, 5.41) is 0. The smallest absolute Gasteiger partial charge is 0.0545 e. The average Bonchev–Trinajstić information content (AvgIpc) is 2.03. The van der Waals surface area contributed by atoms with Crippen LogP contribution in [0.1, 0.15) is 27.7 Å². The first kappa shape index (κ1) is 10.6. The first-order chi connectivity index (χ1) is 5.91. The van der Waals surface area contributed by atoms with E-state index in [0.717, 1.165) is 13.1 Å². The van der Waals surface area contributed by atoms with Crippen LogP contribution in [0.3, 0.4) is 0 Å². The molecule has 0 radical (unpaired) electrons. The molecule has 76 valence electrons. The van der Waals surface area contributed by atoms with E-state index in [-0.39, 0.29) is 5.54 Å². The van der Waals surface area contributed by atoms with Gasteiger partial charge in [-0.3, -0.25) is 4.90 Å². The zero-order valence-electron chi connectivity index (χ0n) is 9.59. The van der Waals surface area contributed by atoms with Crippen LogP contribution in [0.25, 0.3) is 0 Å². The molecule has 0 bridgehead atoms. The molecule has 0 N–H and O–H groups in total. The SMILES string of the molecule is C=C1N(CC)[C@H](C)CN(C)C1(C)C. The van der Waals surface area contributed by atoms with Crippen LogP contribution in [0.15, 0.2) is 12.3 Å². The first-order valence-electron chi connectivity index (χ1n) is 5.08. The van der Waals surface area contributed by atoms with E-state index < -0.39 is 0 Å². The van der Waals surface area contributed by atoms with Gasteiger partial charge in [-0.1, -0.05) is 6.58 Å². The van der Waals surface area contributed by atoms with Crippen molar-refractivity contribution in [1.29, 1.82) is 0 Å². The summed E-state index contributed by atoms with van der Waals surface area (Å²) in [5.41, 5.74) is 1.36. The molecule has 1 saturated heterocycles.